The molecule has 96 valence electrons. The van der Waals surface area contributed by atoms with Crippen LogP contribution < -0.4 is 5.32 Å². The molecule has 1 N–H and O–H groups in total. The summed E-state index contributed by atoms with van der Waals surface area (Å²) in [5, 5.41) is 2.53. The highest BCUT2D eigenvalue weighted by Crippen LogP contribution is 2.18. The third kappa shape index (κ3) is 2.46. The molecule has 0 bridgehead atoms. The first-order valence-electron chi connectivity index (χ1n) is 5.50. The first-order valence-corrected chi connectivity index (χ1v) is 5.88. The van der Waals surface area contributed by atoms with Gasteiger partial charge in [0.25, 0.3) is 0 Å². The van der Waals surface area contributed by atoms with Crippen molar-refractivity contribution in [2.75, 3.05) is 6.54 Å². The van der Waals surface area contributed by atoms with E-state index in [1.54, 1.807) is 13.0 Å². The highest BCUT2D eigenvalue weighted by atomic mass is 35.5. The average Bonchev–Trinajstić information content (AvgIpc) is 2.34. The van der Waals surface area contributed by atoms with Gasteiger partial charge in [0.1, 0.15) is 11.9 Å². The van der Waals surface area contributed by atoms with E-state index in [-0.39, 0.29) is 29.9 Å². The van der Waals surface area contributed by atoms with E-state index in [0.29, 0.717) is 5.56 Å². The van der Waals surface area contributed by atoms with Crippen LogP contribution >= 0.6 is 11.6 Å². The Morgan fingerprint density at radius 2 is 2.22 bits per heavy atom. The molecule has 1 aliphatic rings. The molecule has 1 aromatic rings. The van der Waals surface area contributed by atoms with Gasteiger partial charge >= 0.3 is 0 Å². The second-order valence-corrected chi connectivity index (χ2v) is 4.57. The Kier molecular flexibility index (Phi) is 3.52. The van der Waals surface area contributed by atoms with Crippen molar-refractivity contribution in [2.24, 2.45) is 0 Å². The standard InChI is InChI=1S/C12H12ClFN2O2/c1-7-12(18)15-5-11(17)16(7)6-8-2-3-9(13)10(14)4-8/h2-4,7H,5-6H2,1H3,(H,15,18). The molecule has 1 unspecified atom stereocenters. The van der Waals surface area contributed by atoms with Crippen LogP contribution in [0.15, 0.2) is 18.2 Å². The second-order valence-electron chi connectivity index (χ2n) is 4.16. The molecule has 1 aromatic carbocycles. The minimum Gasteiger partial charge on any atom is -0.345 e. The first kappa shape index (κ1) is 12.8. The Morgan fingerprint density at radius 1 is 1.50 bits per heavy atom. The summed E-state index contributed by atoms with van der Waals surface area (Å²) in [6.45, 7) is 1.82. The predicted octanol–water partition coefficient (Wildman–Crippen LogP) is 1.33. The van der Waals surface area contributed by atoms with Gasteiger partial charge in [0.15, 0.2) is 0 Å². The highest BCUT2D eigenvalue weighted by Gasteiger charge is 2.30. The Bertz CT molecular complexity index is 507. The summed E-state index contributed by atoms with van der Waals surface area (Å²) in [5.74, 6) is -0.919. The zero-order chi connectivity index (χ0) is 13.3. The zero-order valence-corrected chi connectivity index (χ0v) is 10.5. The molecule has 6 heteroatoms. The van der Waals surface area contributed by atoms with Crippen molar-refractivity contribution in [2.45, 2.75) is 19.5 Å². The maximum atomic E-state index is 13.3. The largest absolute Gasteiger partial charge is 0.345 e. The fourth-order valence-corrected chi connectivity index (χ4v) is 1.95. The molecule has 1 aliphatic heterocycles. The van der Waals surface area contributed by atoms with E-state index in [0.717, 1.165) is 0 Å². The molecule has 1 fully saturated rings. The number of amides is 2. The number of piperazine rings is 1. The minimum atomic E-state index is -0.551. The number of halogens is 2. The Labute approximate surface area is 109 Å². The Hall–Kier alpha value is -1.62. The number of nitrogens with zero attached hydrogens (tertiary/aromatic N) is 1. The summed E-state index contributed by atoms with van der Waals surface area (Å²) in [5.41, 5.74) is 0.604. The molecule has 4 nitrogen and oxygen atoms in total. The normalized spacial score (nSPS) is 19.9. The van der Waals surface area contributed by atoms with Crippen molar-refractivity contribution in [3.05, 3.63) is 34.6 Å². The number of carbonyl (C=O) groups excluding carboxylic acids is 2. The van der Waals surface area contributed by atoms with Gasteiger partial charge in [-0.2, -0.15) is 0 Å². The van der Waals surface area contributed by atoms with Crippen molar-refractivity contribution in [3.63, 3.8) is 0 Å². The third-order valence-corrected chi connectivity index (χ3v) is 3.22. The number of hydrogen-bond acceptors (Lipinski definition) is 2. The fourth-order valence-electron chi connectivity index (χ4n) is 1.83. The monoisotopic (exact) mass is 270 g/mol. The lowest BCUT2D eigenvalue weighted by atomic mass is 10.1. The molecular weight excluding hydrogens is 259 g/mol. The summed E-state index contributed by atoms with van der Waals surface area (Å²) in [6.07, 6.45) is 0. The van der Waals surface area contributed by atoms with Crippen molar-refractivity contribution in [3.8, 4) is 0 Å². The Morgan fingerprint density at radius 3 is 2.89 bits per heavy atom. The van der Waals surface area contributed by atoms with Crippen LogP contribution in [-0.4, -0.2) is 29.3 Å². The van der Waals surface area contributed by atoms with Gasteiger partial charge in [0.05, 0.1) is 11.6 Å². The minimum absolute atomic E-state index is 0.0146. The second kappa shape index (κ2) is 4.94. The van der Waals surface area contributed by atoms with E-state index in [1.807, 2.05) is 0 Å². The lowest BCUT2D eigenvalue weighted by Gasteiger charge is -2.32. The molecule has 0 saturated carbocycles. The Balaban J connectivity index is 2.18. The van der Waals surface area contributed by atoms with Gasteiger partial charge in [-0.15, -0.1) is 0 Å². The van der Waals surface area contributed by atoms with Gasteiger partial charge in [0.2, 0.25) is 11.8 Å². The number of benzene rings is 1. The van der Waals surface area contributed by atoms with Gasteiger partial charge in [-0.3, -0.25) is 9.59 Å². The van der Waals surface area contributed by atoms with E-state index in [4.69, 9.17) is 11.6 Å². The fraction of sp³-hybridized carbons (Fsp3) is 0.333. The molecule has 1 atom stereocenters. The molecule has 2 rings (SSSR count). The van der Waals surface area contributed by atoms with Crippen LogP contribution in [0.3, 0.4) is 0 Å². The summed E-state index contributed by atoms with van der Waals surface area (Å²) in [6, 6.07) is 3.79. The summed E-state index contributed by atoms with van der Waals surface area (Å²) in [4.78, 5) is 24.6. The van der Waals surface area contributed by atoms with E-state index in [9.17, 15) is 14.0 Å². The maximum absolute atomic E-state index is 13.3. The predicted molar refractivity (Wildman–Crippen MR) is 64.4 cm³/mol. The number of carbonyl (C=O) groups is 2. The van der Waals surface area contributed by atoms with Gasteiger partial charge in [-0.05, 0) is 24.6 Å². The van der Waals surface area contributed by atoms with Crippen molar-refractivity contribution in [1.82, 2.24) is 10.2 Å². The van der Waals surface area contributed by atoms with Gasteiger partial charge in [0, 0.05) is 6.54 Å². The van der Waals surface area contributed by atoms with Crippen LogP contribution in [0.5, 0.6) is 0 Å². The molecule has 1 heterocycles. The quantitative estimate of drug-likeness (QED) is 0.881. The molecular formula is C12H12ClFN2O2. The average molecular weight is 271 g/mol. The van der Waals surface area contributed by atoms with Crippen LogP contribution in [0.25, 0.3) is 0 Å². The number of hydrogen-bond donors (Lipinski definition) is 1. The van der Waals surface area contributed by atoms with E-state index < -0.39 is 11.9 Å². The van der Waals surface area contributed by atoms with Crippen LogP contribution in [0.2, 0.25) is 5.02 Å². The van der Waals surface area contributed by atoms with Crippen LogP contribution in [0.1, 0.15) is 12.5 Å². The van der Waals surface area contributed by atoms with Crippen LogP contribution in [0, 0.1) is 5.82 Å². The highest BCUT2D eigenvalue weighted by molar-refractivity contribution is 6.30. The molecule has 0 radical (unpaired) electrons. The van der Waals surface area contributed by atoms with Crippen molar-refractivity contribution in [1.29, 1.82) is 0 Å². The number of rotatable bonds is 2. The van der Waals surface area contributed by atoms with E-state index >= 15 is 0 Å². The zero-order valence-electron chi connectivity index (χ0n) is 9.74. The van der Waals surface area contributed by atoms with Crippen LogP contribution in [-0.2, 0) is 16.1 Å². The van der Waals surface area contributed by atoms with E-state index in [1.165, 1.54) is 17.0 Å². The lowest BCUT2D eigenvalue weighted by Crippen LogP contribution is -2.56. The smallest absolute Gasteiger partial charge is 0.242 e. The SMILES string of the molecule is CC1C(=O)NCC(=O)N1Cc1ccc(Cl)c(F)c1. The topological polar surface area (TPSA) is 49.4 Å². The van der Waals surface area contributed by atoms with Crippen LogP contribution in [0.4, 0.5) is 4.39 Å². The van der Waals surface area contributed by atoms with Crippen molar-refractivity contribution >= 4 is 23.4 Å². The van der Waals surface area contributed by atoms with Gasteiger partial charge in [-0.1, -0.05) is 17.7 Å². The summed E-state index contributed by atoms with van der Waals surface area (Å²) < 4.78 is 13.3. The maximum Gasteiger partial charge on any atom is 0.242 e. The van der Waals surface area contributed by atoms with E-state index in [2.05, 4.69) is 5.32 Å². The molecule has 18 heavy (non-hydrogen) atoms. The molecule has 0 aromatic heterocycles. The summed E-state index contributed by atoms with van der Waals surface area (Å²) >= 11 is 5.58. The lowest BCUT2D eigenvalue weighted by molar-refractivity contribution is -0.145. The molecule has 1 saturated heterocycles. The summed E-state index contributed by atoms with van der Waals surface area (Å²) in [7, 11) is 0. The molecule has 0 aliphatic carbocycles. The first-order chi connectivity index (χ1) is 8.49. The van der Waals surface area contributed by atoms with Crippen molar-refractivity contribution < 1.29 is 14.0 Å². The van der Waals surface area contributed by atoms with Gasteiger partial charge < -0.3 is 10.2 Å². The van der Waals surface area contributed by atoms with Gasteiger partial charge in [-0.25, -0.2) is 4.39 Å². The molecule has 2 amide bonds. The molecule has 0 spiro atoms. The number of nitrogens with one attached hydrogen (secondary N) is 1. The third-order valence-electron chi connectivity index (χ3n) is 2.92.